The Bertz CT molecular complexity index is 2320. The number of benzene rings is 2. The summed E-state index contributed by atoms with van der Waals surface area (Å²) in [6.07, 6.45) is 11.2. The van der Waals surface area contributed by atoms with Gasteiger partial charge in [-0.3, -0.25) is 8.80 Å². The number of aryl methyl sites for hydroxylation is 3. The Morgan fingerprint density at radius 1 is 0.674 bits per heavy atom. The minimum Gasteiger partial charge on any atom is -0.361 e. The molecule has 8 rings (SSSR count). The smallest absolute Gasteiger partial charge is 0.190 e. The maximum atomic E-state index is 7.20. The number of nitrogens with one attached hydrogen (secondary N) is 1. The fourth-order valence-corrected chi connectivity index (χ4v) is 4.81. The third-order valence-corrected chi connectivity index (χ3v) is 7.14. The minimum absolute atomic E-state index is 0.702. The number of pyridine rings is 2. The average Bonchev–Trinajstić information content (AvgIpc) is 3.83. The van der Waals surface area contributed by atoms with Gasteiger partial charge in [-0.15, -0.1) is 20.4 Å². The molecular weight excluding hydrogens is 536 g/mol. The van der Waals surface area contributed by atoms with E-state index in [1.165, 1.54) is 5.56 Å². The highest BCUT2D eigenvalue weighted by atomic mass is 15.2. The summed E-state index contributed by atoms with van der Waals surface area (Å²) in [5, 5.41) is 17.8. The Morgan fingerprint density at radius 3 is 2.05 bits per heavy atom. The lowest BCUT2D eigenvalue weighted by Crippen LogP contribution is -1.94. The number of hydrogen-bond donors (Lipinski definition) is 1. The number of hydrogen-bond acceptors (Lipinski definition) is 4. The lowest BCUT2D eigenvalue weighted by molar-refractivity contribution is 1.09. The summed E-state index contributed by atoms with van der Waals surface area (Å²) in [7, 11) is 0. The summed E-state index contributed by atoms with van der Waals surface area (Å²) in [6, 6.07) is 19.9. The summed E-state index contributed by atoms with van der Waals surface area (Å²) in [5.41, 5.74) is 9.59. The molecule has 10 heteroatoms. The first-order valence-electron chi connectivity index (χ1n) is 13.4. The van der Waals surface area contributed by atoms with Crippen molar-refractivity contribution in [3.05, 3.63) is 138 Å². The van der Waals surface area contributed by atoms with E-state index in [-0.39, 0.29) is 0 Å². The maximum absolute atomic E-state index is 7.20. The molecule has 0 aliphatic carbocycles. The van der Waals surface area contributed by atoms with Gasteiger partial charge in [0.05, 0.1) is 24.3 Å². The summed E-state index contributed by atoms with van der Waals surface area (Å²) in [5.74, 6) is 0. The van der Waals surface area contributed by atoms with E-state index in [4.69, 9.17) is 13.1 Å². The van der Waals surface area contributed by atoms with Crippen LogP contribution in [0, 0.1) is 33.9 Å². The topological polar surface area (TPSA) is 89.8 Å². The normalized spacial score (nSPS) is 10.6. The molecule has 208 valence electrons. The summed E-state index contributed by atoms with van der Waals surface area (Å²) >= 11 is 0. The van der Waals surface area contributed by atoms with E-state index in [2.05, 4.69) is 45.7 Å². The molecule has 0 saturated carbocycles. The molecule has 0 aliphatic heterocycles. The highest BCUT2D eigenvalue weighted by Crippen LogP contribution is 2.29. The van der Waals surface area contributed by atoms with E-state index in [1.54, 1.807) is 12.7 Å². The number of H-pyrrole nitrogens is 1. The molecule has 0 fully saturated rings. The van der Waals surface area contributed by atoms with Gasteiger partial charge >= 0.3 is 0 Å². The zero-order chi connectivity index (χ0) is 29.9. The van der Waals surface area contributed by atoms with Crippen LogP contribution >= 0.6 is 0 Å². The highest BCUT2D eigenvalue weighted by Gasteiger charge is 2.08. The van der Waals surface area contributed by atoms with E-state index in [1.807, 2.05) is 109 Å². The third-order valence-electron chi connectivity index (χ3n) is 7.14. The van der Waals surface area contributed by atoms with Gasteiger partial charge in [0.25, 0.3) is 0 Å². The SMILES string of the molecule is Cc1ccn2cnnc2c1.[C-]#[N+]c1cc2cc[nH]c2cc1C.[C-]#[N+]c1cc2ccn(-c3ccn4cnnc4c3)c2cc1C. The maximum Gasteiger partial charge on any atom is 0.190 e. The lowest BCUT2D eigenvalue weighted by Gasteiger charge is -2.07. The molecule has 6 heterocycles. The Morgan fingerprint density at radius 2 is 1.33 bits per heavy atom. The van der Waals surface area contributed by atoms with Crippen LogP contribution in [0.2, 0.25) is 0 Å². The van der Waals surface area contributed by atoms with Gasteiger partial charge in [0.1, 0.15) is 12.7 Å². The van der Waals surface area contributed by atoms with Gasteiger partial charge in [-0.1, -0.05) is 0 Å². The zero-order valence-corrected chi connectivity index (χ0v) is 23.8. The molecule has 0 amide bonds. The molecule has 0 spiro atoms. The van der Waals surface area contributed by atoms with Crippen LogP contribution in [0.25, 0.3) is 48.5 Å². The summed E-state index contributed by atoms with van der Waals surface area (Å²) in [6.45, 7) is 20.1. The Kier molecular flexibility index (Phi) is 7.09. The van der Waals surface area contributed by atoms with E-state index in [0.717, 1.165) is 55.6 Å². The van der Waals surface area contributed by atoms with Gasteiger partial charge in [0.2, 0.25) is 0 Å². The molecule has 6 aromatic heterocycles. The Balaban J connectivity index is 0.000000126. The largest absolute Gasteiger partial charge is 0.361 e. The summed E-state index contributed by atoms with van der Waals surface area (Å²) < 4.78 is 5.86. The van der Waals surface area contributed by atoms with Crippen molar-refractivity contribution < 1.29 is 0 Å². The molecule has 43 heavy (non-hydrogen) atoms. The van der Waals surface area contributed by atoms with Crippen molar-refractivity contribution in [2.24, 2.45) is 0 Å². The zero-order valence-electron chi connectivity index (χ0n) is 23.8. The van der Waals surface area contributed by atoms with Crippen molar-refractivity contribution in [2.45, 2.75) is 20.8 Å². The predicted molar refractivity (Wildman–Crippen MR) is 168 cm³/mol. The number of aromatic amines is 1. The van der Waals surface area contributed by atoms with Crippen LogP contribution < -0.4 is 0 Å². The molecular formula is C33H26N10. The van der Waals surface area contributed by atoms with Gasteiger partial charge in [0.15, 0.2) is 22.7 Å². The van der Waals surface area contributed by atoms with Crippen LogP contribution in [0.15, 0.2) is 98.1 Å². The van der Waals surface area contributed by atoms with Crippen LogP contribution in [0.5, 0.6) is 0 Å². The van der Waals surface area contributed by atoms with Crippen LogP contribution in [0.4, 0.5) is 11.4 Å². The van der Waals surface area contributed by atoms with Crippen LogP contribution in [-0.2, 0) is 0 Å². The molecule has 0 unspecified atom stereocenters. The Labute approximate surface area is 247 Å². The molecule has 8 aromatic rings. The van der Waals surface area contributed by atoms with Crippen LogP contribution in [0.1, 0.15) is 16.7 Å². The second kappa shape index (κ2) is 11.3. The quantitative estimate of drug-likeness (QED) is 0.209. The van der Waals surface area contributed by atoms with Crippen molar-refractivity contribution in [3.8, 4) is 5.69 Å². The van der Waals surface area contributed by atoms with E-state index in [9.17, 15) is 0 Å². The van der Waals surface area contributed by atoms with Gasteiger partial charge in [0, 0.05) is 36.4 Å². The second-order valence-corrected chi connectivity index (χ2v) is 10.1. The van der Waals surface area contributed by atoms with E-state index in [0.29, 0.717) is 5.69 Å². The second-order valence-electron chi connectivity index (χ2n) is 10.1. The van der Waals surface area contributed by atoms with Crippen LogP contribution in [-0.4, -0.2) is 38.7 Å². The fourth-order valence-electron chi connectivity index (χ4n) is 4.81. The van der Waals surface area contributed by atoms with E-state index < -0.39 is 0 Å². The van der Waals surface area contributed by atoms with Gasteiger partial charge in [-0.25, -0.2) is 9.69 Å². The third kappa shape index (κ3) is 5.41. The molecule has 1 N–H and O–H groups in total. The molecule has 0 atom stereocenters. The van der Waals surface area contributed by atoms with Crippen LogP contribution in [0.3, 0.4) is 0 Å². The van der Waals surface area contributed by atoms with Crippen molar-refractivity contribution in [2.75, 3.05) is 0 Å². The molecule has 10 nitrogen and oxygen atoms in total. The standard InChI is InChI=1S/C16H11N5.C10H8N2.C7H7N3/c1-11-7-15-12(8-14(11)17-2)3-6-21(15)13-4-5-20-10-18-19-16(20)9-13;1-7-5-10-8(3-4-12-10)6-9(7)11-2;1-6-2-3-10-5-8-9-7(10)4-6/h3-10H,1H3;3-6,12H,1H3;2-5H,1H3. The number of fused-ring (bicyclic) bond motifs is 4. The Hall–Kier alpha value is -6.26. The number of nitrogens with zero attached hydrogens (tertiary/aromatic N) is 9. The molecule has 0 saturated heterocycles. The summed E-state index contributed by atoms with van der Waals surface area (Å²) in [4.78, 5) is 10.1. The molecule has 0 bridgehead atoms. The molecule has 2 aromatic carbocycles. The number of rotatable bonds is 1. The van der Waals surface area contributed by atoms with Crippen molar-refractivity contribution in [1.29, 1.82) is 0 Å². The fraction of sp³-hybridized carbons (Fsp3) is 0.0909. The van der Waals surface area contributed by atoms with E-state index >= 15 is 0 Å². The first kappa shape index (κ1) is 26.9. The van der Waals surface area contributed by atoms with Crippen molar-refractivity contribution >= 4 is 44.5 Å². The first-order valence-corrected chi connectivity index (χ1v) is 13.4. The van der Waals surface area contributed by atoms with Crippen molar-refractivity contribution in [1.82, 2.24) is 38.7 Å². The highest BCUT2D eigenvalue weighted by molar-refractivity contribution is 5.87. The van der Waals surface area contributed by atoms with Gasteiger partial charge in [-0.2, -0.15) is 0 Å². The molecule has 0 radical (unpaired) electrons. The van der Waals surface area contributed by atoms with Crippen molar-refractivity contribution in [3.63, 3.8) is 0 Å². The molecule has 0 aliphatic rings. The monoisotopic (exact) mass is 562 g/mol. The predicted octanol–water partition coefficient (Wildman–Crippen LogP) is 7.60. The van der Waals surface area contributed by atoms with Gasteiger partial charge in [-0.05, 0) is 103 Å². The average molecular weight is 563 g/mol. The van der Waals surface area contributed by atoms with Gasteiger partial charge < -0.3 is 9.55 Å². The lowest BCUT2D eigenvalue weighted by atomic mass is 10.1. The minimum atomic E-state index is 0.702. The number of aromatic nitrogens is 8. The first-order chi connectivity index (χ1) is 20.9.